The number of hydrogen-bond donors (Lipinski definition) is 3. The highest BCUT2D eigenvalue weighted by Crippen LogP contribution is 2.19. The zero-order valence-corrected chi connectivity index (χ0v) is 19.4. The fourth-order valence-corrected chi connectivity index (χ4v) is 3.77. The van der Waals surface area contributed by atoms with E-state index in [0.717, 1.165) is 5.69 Å². The maximum atomic E-state index is 12.8. The molecule has 0 saturated carbocycles. The zero-order chi connectivity index (χ0) is 24.7. The average molecular weight is 485 g/mol. The van der Waals surface area contributed by atoms with E-state index >= 15 is 0 Å². The summed E-state index contributed by atoms with van der Waals surface area (Å²) < 4.78 is 9.41. The van der Waals surface area contributed by atoms with Crippen LogP contribution in [0.3, 0.4) is 0 Å². The molecule has 1 aliphatic heterocycles. The molecule has 1 saturated heterocycles. The summed E-state index contributed by atoms with van der Waals surface area (Å²) in [6.45, 7) is 0.809. The molecule has 3 N–H and O–H groups in total. The van der Waals surface area contributed by atoms with E-state index in [0.29, 0.717) is 18.2 Å². The quantitative estimate of drug-likeness (QED) is 0.415. The molecular formula is C23H24N4O6S. The van der Waals surface area contributed by atoms with Crippen molar-refractivity contribution in [2.45, 2.75) is 12.5 Å². The maximum Gasteiger partial charge on any atom is 0.337 e. The molecule has 0 spiro atoms. The first-order valence-corrected chi connectivity index (χ1v) is 10.7. The lowest BCUT2D eigenvalue weighted by Gasteiger charge is -2.36. The van der Waals surface area contributed by atoms with E-state index in [1.54, 1.807) is 4.90 Å². The molecule has 11 heteroatoms. The summed E-state index contributed by atoms with van der Waals surface area (Å²) in [4.78, 5) is 51.0. The van der Waals surface area contributed by atoms with Gasteiger partial charge in [0.05, 0.1) is 31.8 Å². The van der Waals surface area contributed by atoms with Gasteiger partial charge in [-0.05, 0) is 42.5 Å². The van der Waals surface area contributed by atoms with Crippen LogP contribution in [-0.2, 0) is 19.1 Å². The predicted octanol–water partition coefficient (Wildman–Crippen LogP) is 1.79. The van der Waals surface area contributed by atoms with Gasteiger partial charge < -0.3 is 30.3 Å². The van der Waals surface area contributed by atoms with Gasteiger partial charge in [0.25, 0.3) is 0 Å². The predicted molar refractivity (Wildman–Crippen MR) is 129 cm³/mol. The molecule has 1 heterocycles. The van der Waals surface area contributed by atoms with Gasteiger partial charge in [0.1, 0.15) is 6.04 Å². The number of carbonyl (C=O) groups is 4. The standard InChI is InChI=1S/C23H24N4O6S/c1-32-21(30)14-10-15(22(31)33-2)12-17(11-14)25-19(28)13-18-20(29)24-8-9-27(18)23(34)26-16-6-4-3-5-7-16/h3-7,10-12,18H,8-9,13H2,1-2H3,(H,24,29)(H,25,28)(H,26,34)/t18-/m1/s1. The number of carbonyl (C=O) groups excluding carboxylic acids is 4. The van der Waals surface area contributed by atoms with Crippen LogP contribution in [0.4, 0.5) is 11.4 Å². The van der Waals surface area contributed by atoms with Crippen molar-refractivity contribution < 1.29 is 28.7 Å². The molecule has 2 aromatic carbocycles. The van der Waals surface area contributed by atoms with Crippen LogP contribution in [-0.4, -0.2) is 67.1 Å². The average Bonchev–Trinajstić information content (AvgIpc) is 2.84. The molecule has 1 aliphatic rings. The highest BCUT2D eigenvalue weighted by atomic mass is 32.1. The smallest absolute Gasteiger partial charge is 0.337 e. The fraction of sp³-hybridized carbons (Fsp3) is 0.261. The lowest BCUT2D eigenvalue weighted by atomic mass is 10.1. The third kappa shape index (κ3) is 6.07. The number of thiocarbonyl (C=S) groups is 1. The highest BCUT2D eigenvalue weighted by molar-refractivity contribution is 7.80. The van der Waals surface area contributed by atoms with Gasteiger partial charge in [0, 0.05) is 24.5 Å². The van der Waals surface area contributed by atoms with Gasteiger partial charge in [0.15, 0.2) is 5.11 Å². The minimum atomic E-state index is -0.846. The number of nitrogens with zero attached hydrogens (tertiary/aromatic N) is 1. The monoisotopic (exact) mass is 484 g/mol. The third-order valence-electron chi connectivity index (χ3n) is 5.05. The number of rotatable bonds is 6. The van der Waals surface area contributed by atoms with Gasteiger partial charge in [-0.15, -0.1) is 0 Å². The summed E-state index contributed by atoms with van der Waals surface area (Å²) in [6.07, 6.45) is -0.210. The summed E-state index contributed by atoms with van der Waals surface area (Å²) in [6, 6.07) is 12.5. The number of ether oxygens (including phenoxy) is 2. The van der Waals surface area contributed by atoms with Gasteiger partial charge in [-0.2, -0.15) is 0 Å². The van der Waals surface area contributed by atoms with Crippen molar-refractivity contribution >= 4 is 52.5 Å². The van der Waals surface area contributed by atoms with Crippen LogP contribution in [0.5, 0.6) is 0 Å². The number of anilines is 2. The normalized spacial score (nSPS) is 15.1. The van der Waals surface area contributed by atoms with E-state index in [-0.39, 0.29) is 29.1 Å². The van der Waals surface area contributed by atoms with Crippen molar-refractivity contribution in [1.82, 2.24) is 10.2 Å². The van der Waals surface area contributed by atoms with Crippen molar-refractivity contribution in [2.24, 2.45) is 0 Å². The third-order valence-corrected chi connectivity index (χ3v) is 5.39. The Morgan fingerprint density at radius 3 is 2.21 bits per heavy atom. The van der Waals surface area contributed by atoms with Crippen molar-refractivity contribution in [3.63, 3.8) is 0 Å². The van der Waals surface area contributed by atoms with E-state index in [1.807, 2.05) is 30.3 Å². The van der Waals surface area contributed by atoms with Crippen LogP contribution in [0.2, 0.25) is 0 Å². The molecule has 2 aromatic rings. The van der Waals surface area contributed by atoms with Crippen molar-refractivity contribution in [2.75, 3.05) is 37.9 Å². The number of para-hydroxylation sites is 1. The second-order valence-corrected chi connectivity index (χ2v) is 7.72. The summed E-state index contributed by atoms with van der Waals surface area (Å²) in [7, 11) is 2.40. The van der Waals surface area contributed by atoms with Crippen LogP contribution >= 0.6 is 12.2 Å². The molecule has 34 heavy (non-hydrogen) atoms. The van der Waals surface area contributed by atoms with Gasteiger partial charge in [0.2, 0.25) is 11.8 Å². The molecule has 1 fully saturated rings. The number of piperazine rings is 1. The summed E-state index contributed by atoms with van der Waals surface area (Å²) >= 11 is 5.49. The molecule has 0 bridgehead atoms. The first-order chi connectivity index (χ1) is 16.3. The van der Waals surface area contributed by atoms with Crippen LogP contribution in [0.25, 0.3) is 0 Å². The molecule has 10 nitrogen and oxygen atoms in total. The van der Waals surface area contributed by atoms with E-state index in [2.05, 4.69) is 16.0 Å². The molecule has 0 unspecified atom stereocenters. The first kappa shape index (κ1) is 24.6. The van der Waals surface area contributed by atoms with Crippen LogP contribution in [0.1, 0.15) is 27.1 Å². The minimum absolute atomic E-state index is 0.0611. The van der Waals surface area contributed by atoms with Crippen molar-refractivity contribution in [3.05, 3.63) is 59.7 Å². The number of benzene rings is 2. The molecule has 0 aliphatic carbocycles. The number of methoxy groups -OCH3 is 2. The van der Waals surface area contributed by atoms with E-state index in [4.69, 9.17) is 21.7 Å². The Kier molecular flexibility index (Phi) is 8.14. The Morgan fingerprint density at radius 1 is 1.00 bits per heavy atom. The first-order valence-electron chi connectivity index (χ1n) is 10.3. The van der Waals surface area contributed by atoms with Crippen molar-refractivity contribution in [1.29, 1.82) is 0 Å². The Hall–Kier alpha value is -3.99. The number of amides is 2. The Balaban J connectivity index is 1.76. The van der Waals surface area contributed by atoms with Gasteiger partial charge in [-0.3, -0.25) is 9.59 Å². The largest absolute Gasteiger partial charge is 0.465 e. The van der Waals surface area contributed by atoms with Crippen LogP contribution < -0.4 is 16.0 Å². The Morgan fingerprint density at radius 2 is 1.62 bits per heavy atom. The number of hydrogen-bond acceptors (Lipinski definition) is 7. The SMILES string of the molecule is COC(=O)c1cc(NC(=O)C[C@@H]2C(=O)NCCN2C(=S)Nc2ccccc2)cc(C(=O)OC)c1. The van der Waals surface area contributed by atoms with Crippen molar-refractivity contribution in [3.8, 4) is 0 Å². The van der Waals surface area contributed by atoms with E-state index in [1.165, 1.54) is 32.4 Å². The molecule has 3 rings (SSSR count). The lowest BCUT2D eigenvalue weighted by Crippen LogP contribution is -2.58. The number of nitrogens with one attached hydrogen (secondary N) is 3. The lowest BCUT2D eigenvalue weighted by molar-refractivity contribution is -0.130. The minimum Gasteiger partial charge on any atom is -0.465 e. The van der Waals surface area contributed by atoms with Gasteiger partial charge in [-0.1, -0.05) is 18.2 Å². The van der Waals surface area contributed by atoms with E-state index < -0.39 is 23.9 Å². The molecule has 1 atom stereocenters. The second-order valence-electron chi connectivity index (χ2n) is 7.33. The Bertz CT molecular complexity index is 1070. The van der Waals surface area contributed by atoms with E-state index in [9.17, 15) is 19.2 Å². The molecule has 2 amide bonds. The summed E-state index contributed by atoms with van der Waals surface area (Å²) in [5.74, 6) is -2.21. The highest BCUT2D eigenvalue weighted by Gasteiger charge is 2.33. The molecular weight excluding hydrogens is 460 g/mol. The molecule has 0 radical (unpaired) electrons. The maximum absolute atomic E-state index is 12.8. The van der Waals surface area contributed by atoms with Crippen LogP contribution in [0, 0.1) is 0 Å². The second kappa shape index (κ2) is 11.2. The molecule has 178 valence electrons. The fourth-order valence-electron chi connectivity index (χ4n) is 3.44. The topological polar surface area (TPSA) is 126 Å². The zero-order valence-electron chi connectivity index (χ0n) is 18.6. The summed E-state index contributed by atoms with van der Waals surface area (Å²) in [5.41, 5.74) is 1.06. The summed E-state index contributed by atoms with van der Waals surface area (Å²) in [5, 5.41) is 8.78. The van der Waals surface area contributed by atoms with Crippen LogP contribution in [0.15, 0.2) is 48.5 Å². The van der Waals surface area contributed by atoms with Gasteiger partial charge >= 0.3 is 11.9 Å². The number of esters is 2. The van der Waals surface area contributed by atoms with Gasteiger partial charge in [-0.25, -0.2) is 9.59 Å². The molecule has 0 aromatic heterocycles. The Labute approximate surface area is 201 Å².